The van der Waals surface area contributed by atoms with Crippen LogP contribution >= 0.6 is 0 Å². The van der Waals surface area contributed by atoms with Crippen molar-refractivity contribution in [3.8, 4) is 0 Å². The molecule has 0 aromatic heterocycles. The summed E-state index contributed by atoms with van der Waals surface area (Å²) in [4.78, 5) is 2.17. The highest BCUT2D eigenvalue weighted by atomic mass is 15.1. The minimum Gasteiger partial charge on any atom is -0.378 e. The average Bonchev–Trinajstić information content (AvgIpc) is 3.12. The summed E-state index contributed by atoms with van der Waals surface area (Å²) in [5.74, 6) is 0.960. The lowest BCUT2D eigenvalue weighted by molar-refractivity contribution is 0.487. The van der Waals surface area contributed by atoms with Crippen molar-refractivity contribution in [2.75, 3.05) is 25.5 Å². The van der Waals surface area contributed by atoms with Crippen LogP contribution in [0.1, 0.15) is 37.8 Å². The van der Waals surface area contributed by atoms with Crippen molar-refractivity contribution in [2.24, 2.45) is 5.92 Å². The zero-order valence-electron chi connectivity index (χ0n) is 11.2. The van der Waals surface area contributed by atoms with Crippen LogP contribution in [-0.2, 0) is 0 Å². The van der Waals surface area contributed by atoms with E-state index in [2.05, 4.69) is 55.5 Å². The maximum atomic E-state index is 3.62. The Balaban J connectivity index is 2.12. The van der Waals surface area contributed by atoms with Gasteiger partial charge in [-0.3, -0.25) is 0 Å². The van der Waals surface area contributed by atoms with Crippen molar-refractivity contribution in [3.05, 3.63) is 29.8 Å². The quantitative estimate of drug-likeness (QED) is 0.810. The fraction of sp³-hybridized carbons (Fsp3) is 0.600. The summed E-state index contributed by atoms with van der Waals surface area (Å²) in [5.41, 5.74) is 2.73. The van der Waals surface area contributed by atoms with E-state index in [4.69, 9.17) is 0 Å². The molecular formula is C15H24N2. The van der Waals surface area contributed by atoms with Crippen LogP contribution in [0.25, 0.3) is 0 Å². The van der Waals surface area contributed by atoms with Crippen LogP contribution in [-0.4, -0.2) is 20.6 Å². The Morgan fingerprint density at radius 3 is 2.71 bits per heavy atom. The average molecular weight is 232 g/mol. The molecule has 0 saturated heterocycles. The third kappa shape index (κ3) is 3.47. The Hall–Kier alpha value is -1.02. The van der Waals surface area contributed by atoms with E-state index in [1.54, 1.807) is 0 Å². The van der Waals surface area contributed by atoms with E-state index in [1.165, 1.54) is 30.5 Å². The van der Waals surface area contributed by atoms with E-state index < -0.39 is 0 Å². The van der Waals surface area contributed by atoms with Gasteiger partial charge in [-0.1, -0.05) is 31.9 Å². The summed E-state index contributed by atoms with van der Waals surface area (Å²) in [6.07, 6.45) is 4.15. The number of rotatable bonds is 6. The van der Waals surface area contributed by atoms with E-state index in [0.29, 0.717) is 6.04 Å². The van der Waals surface area contributed by atoms with E-state index >= 15 is 0 Å². The Morgan fingerprint density at radius 2 is 2.12 bits per heavy atom. The smallest absolute Gasteiger partial charge is 0.0364 e. The molecule has 94 valence electrons. The molecule has 0 bridgehead atoms. The molecule has 1 aliphatic rings. The molecule has 1 aromatic rings. The van der Waals surface area contributed by atoms with Crippen LogP contribution in [0.15, 0.2) is 24.3 Å². The summed E-state index contributed by atoms with van der Waals surface area (Å²) in [5, 5.41) is 3.62. The molecule has 1 atom stereocenters. The molecule has 1 N–H and O–H groups in total. The summed E-state index contributed by atoms with van der Waals surface area (Å²) in [7, 11) is 4.20. The molecule has 1 aromatic carbocycles. The maximum absolute atomic E-state index is 3.62. The molecule has 1 fully saturated rings. The van der Waals surface area contributed by atoms with Gasteiger partial charge in [0.25, 0.3) is 0 Å². The van der Waals surface area contributed by atoms with E-state index in [1.807, 2.05) is 0 Å². The monoisotopic (exact) mass is 232 g/mol. The molecule has 1 aliphatic carbocycles. The standard InChI is InChI=1S/C15H24N2/c1-4-16-15(10-12-8-9-12)13-6-5-7-14(11-13)17(2)3/h5-7,11-12,15-16H,4,8-10H2,1-3H3. The number of hydrogen-bond acceptors (Lipinski definition) is 2. The van der Waals surface area contributed by atoms with Gasteiger partial charge in [-0.25, -0.2) is 0 Å². The Morgan fingerprint density at radius 1 is 1.35 bits per heavy atom. The molecule has 0 radical (unpaired) electrons. The lowest BCUT2D eigenvalue weighted by atomic mass is 10.0. The molecule has 2 nitrogen and oxygen atoms in total. The van der Waals surface area contributed by atoms with Crippen molar-refractivity contribution < 1.29 is 0 Å². The zero-order chi connectivity index (χ0) is 12.3. The first kappa shape index (κ1) is 12.4. The van der Waals surface area contributed by atoms with Crippen LogP contribution in [0, 0.1) is 5.92 Å². The van der Waals surface area contributed by atoms with Gasteiger partial charge in [0.05, 0.1) is 0 Å². The molecule has 2 rings (SSSR count). The van der Waals surface area contributed by atoms with E-state index in [-0.39, 0.29) is 0 Å². The number of hydrogen-bond donors (Lipinski definition) is 1. The molecule has 0 amide bonds. The Labute approximate surface area is 105 Å². The van der Waals surface area contributed by atoms with Gasteiger partial charge in [0.15, 0.2) is 0 Å². The summed E-state index contributed by atoms with van der Waals surface area (Å²) in [6, 6.07) is 9.44. The predicted octanol–water partition coefficient (Wildman–Crippen LogP) is 3.20. The van der Waals surface area contributed by atoms with Crippen molar-refractivity contribution >= 4 is 5.69 Å². The highest BCUT2D eigenvalue weighted by molar-refractivity contribution is 5.47. The van der Waals surface area contributed by atoms with Gasteiger partial charge in [-0.05, 0) is 36.6 Å². The van der Waals surface area contributed by atoms with Gasteiger partial charge in [0.2, 0.25) is 0 Å². The second kappa shape index (κ2) is 5.54. The van der Waals surface area contributed by atoms with Gasteiger partial charge in [0.1, 0.15) is 0 Å². The third-order valence-corrected chi connectivity index (χ3v) is 3.51. The first-order chi connectivity index (χ1) is 8.20. The van der Waals surface area contributed by atoms with Crippen molar-refractivity contribution in [2.45, 2.75) is 32.2 Å². The third-order valence-electron chi connectivity index (χ3n) is 3.51. The molecule has 1 saturated carbocycles. The minimum absolute atomic E-state index is 0.535. The lowest BCUT2D eigenvalue weighted by Crippen LogP contribution is -2.21. The molecule has 0 spiro atoms. The molecule has 0 aliphatic heterocycles. The van der Waals surface area contributed by atoms with Crippen LogP contribution in [0.5, 0.6) is 0 Å². The number of nitrogens with one attached hydrogen (secondary N) is 1. The van der Waals surface area contributed by atoms with Gasteiger partial charge in [-0.2, -0.15) is 0 Å². The maximum Gasteiger partial charge on any atom is 0.0364 e. The highest BCUT2D eigenvalue weighted by Crippen LogP contribution is 2.38. The van der Waals surface area contributed by atoms with Crippen molar-refractivity contribution in [3.63, 3.8) is 0 Å². The summed E-state index contributed by atoms with van der Waals surface area (Å²) in [6.45, 7) is 3.24. The fourth-order valence-corrected chi connectivity index (χ4v) is 2.29. The van der Waals surface area contributed by atoms with Crippen molar-refractivity contribution in [1.82, 2.24) is 5.32 Å². The largest absolute Gasteiger partial charge is 0.378 e. The van der Waals surface area contributed by atoms with Gasteiger partial charge >= 0.3 is 0 Å². The molecule has 2 heteroatoms. The predicted molar refractivity (Wildman–Crippen MR) is 74.5 cm³/mol. The van der Waals surface area contributed by atoms with E-state index in [0.717, 1.165) is 12.5 Å². The van der Waals surface area contributed by atoms with Gasteiger partial charge < -0.3 is 10.2 Å². The topological polar surface area (TPSA) is 15.3 Å². The number of nitrogens with zero attached hydrogens (tertiary/aromatic N) is 1. The second-order valence-electron chi connectivity index (χ2n) is 5.28. The fourth-order valence-electron chi connectivity index (χ4n) is 2.29. The van der Waals surface area contributed by atoms with E-state index in [9.17, 15) is 0 Å². The second-order valence-corrected chi connectivity index (χ2v) is 5.28. The number of benzene rings is 1. The van der Waals surface area contributed by atoms with Crippen LogP contribution < -0.4 is 10.2 Å². The first-order valence-electron chi connectivity index (χ1n) is 6.71. The van der Waals surface area contributed by atoms with Crippen LogP contribution in [0.4, 0.5) is 5.69 Å². The Kier molecular flexibility index (Phi) is 4.06. The Bertz CT molecular complexity index is 356. The summed E-state index contributed by atoms with van der Waals surface area (Å²) < 4.78 is 0. The first-order valence-corrected chi connectivity index (χ1v) is 6.71. The SMILES string of the molecule is CCNC(CC1CC1)c1cccc(N(C)C)c1. The number of anilines is 1. The minimum atomic E-state index is 0.535. The van der Waals surface area contributed by atoms with Crippen LogP contribution in [0.3, 0.4) is 0 Å². The van der Waals surface area contributed by atoms with Crippen molar-refractivity contribution in [1.29, 1.82) is 0 Å². The van der Waals surface area contributed by atoms with Gasteiger partial charge in [0, 0.05) is 25.8 Å². The molecule has 17 heavy (non-hydrogen) atoms. The summed E-state index contributed by atoms with van der Waals surface area (Å²) >= 11 is 0. The molecule has 0 heterocycles. The van der Waals surface area contributed by atoms with Gasteiger partial charge in [-0.15, -0.1) is 0 Å². The molecule has 1 unspecified atom stereocenters. The van der Waals surface area contributed by atoms with Crippen LogP contribution in [0.2, 0.25) is 0 Å². The highest BCUT2D eigenvalue weighted by Gasteiger charge is 2.25. The normalized spacial score (nSPS) is 16.9. The zero-order valence-corrected chi connectivity index (χ0v) is 11.2. The molecular weight excluding hydrogens is 208 g/mol. The lowest BCUT2D eigenvalue weighted by Gasteiger charge is -2.20.